The van der Waals surface area contributed by atoms with Crippen molar-refractivity contribution >= 4 is 25.9 Å². The van der Waals surface area contributed by atoms with E-state index >= 15 is 0 Å². The van der Waals surface area contributed by atoms with Gasteiger partial charge in [-0.1, -0.05) is 26.8 Å². The van der Waals surface area contributed by atoms with Crippen LogP contribution in [-0.2, 0) is 22.0 Å². The first-order valence-electron chi connectivity index (χ1n) is 14.2. The quantitative estimate of drug-likeness (QED) is 0.368. The molecule has 40 heavy (non-hydrogen) atoms. The first-order chi connectivity index (χ1) is 18.6. The standard InChI is InChI=1S/C29H39F3N4O3Si/c1-7-35-26-23(21(34-36(26)20-13-14-20)16-39-40(5,6)28(2,3)4)22(17-11-12-17)24(27(35)38)33-25(37)18-9-8-10-19(15-18)29(30,31)32/h8-10,15,17,20,22,24H,7,11-14,16H2,1-6H3,(H,33,37)/t22-,24+/m1/s1. The van der Waals surface area contributed by atoms with Crippen molar-refractivity contribution in [3.05, 3.63) is 46.6 Å². The third kappa shape index (κ3) is 5.34. The predicted molar refractivity (Wildman–Crippen MR) is 149 cm³/mol. The Labute approximate surface area is 234 Å². The van der Waals surface area contributed by atoms with E-state index in [-0.39, 0.29) is 34.4 Å². The lowest BCUT2D eigenvalue weighted by Crippen LogP contribution is -2.56. The van der Waals surface area contributed by atoms with E-state index in [2.05, 4.69) is 39.2 Å². The molecule has 0 radical (unpaired) electrons. The van der Waals surface area contributed by atoms with E-state index in [0.717, 1.165) is 54.9 Å². The number of likely N-dealkylation sites (N-methyl/N-ethyl adjacent to an activating group) is 1. The van der Waals surface area contributed by atoms with Crippen LogP contribution in [0.1, 0.15) is 92.5 Å². The Bertz CT molecular complexity index is 1310. The van der Waals surface area contributed by atoms with Crippen LogP contribution in [0.15, 0.2) is 24.3 Å². The largest absolute Gasteiger partial charge is 0.416 e. The SMILES string of the molecule is CCN1C(=O)[C@@H](NC(=O)c2cccc(C(F)(F)F)c2)[C@H](C2CC2)c2c(CO[Si](C)(C)C(C)(C)C)nn(C3CC3)c21. The van der Waals surface area contributed by atoms with Gasteiger partial charge in [-0.25, -0.2) is 4.68 Å². The van der Waals surface area contributed by atoms with Gasteiger partial charge in [-0.15, -0.1) is 0 Å². The number of hydrogen-bond acceptors (Lipinski definition) is 4. The molecule has 0 spiro atoms. The fourth-order valence-corrected chi connectivity index (χ4v) is 6.24. The summed E-state index contributed by atoms with van der Waals surface area (Å²) >= 11 is 0. The normalized spacial score (nSPS) is 21.9. The molecule has 2 saturated carbocycles. The van der Waals surface area contributed by atoms with Crippen LogP contribution < -0.4 is 10.2 Å². The van der Waals surface area contributed by atoms with E-state index in [1.54, 1.807) is 4.90 Å². The van der Waals surface area contributed by atoms with Crippen molar-refractivity contribution in [3.8, 4) is 0 Å². The van der Waals surface area contributed by atoms with Gasteiger partial charge in [0.2, 0.25) is 0 Å². The van der Waals surface area contributed by atoms with Crippen molar-refractivity contribution in [2.45, 2.75) is 102 Å². The van der Waals surface area contributed by atoms with Crippen LogP contribution >= 0.6 is 0 Å². The summed E-state index contributed by atoms with van der Waals surface area (Å²) in [5.74, 6) is -0.276. The Morgan fingerprint density at radius 2 is 1.82 bits per heavy atom. The minimum absolute atomic E-state index is 0.00882. The number of nitrogens with zero attached hydrogens (tertiary/aromatic N) is 3. The van der Waals surface area contributed by atoms with Crippen molar-refractivity contribution in [3.63, 3.8) is 0 Å². The molecule has 2 heterocycles. The molecular formula is C29H39F3N4O3Si. The van der Waals surface area contributed by atoms with Gasteiger partial charge >= 0.3 is 6.18 Å². The van der Waals surface area contributed by atoms with Crippen LogP contribution in [0.25, 0.3) is 0 Å². The molecule has 5 rings (SSSR count). The Hall–Kier alpha value is -2.66. The summed E-state index contributed by atoms with van der Waals surface area (Å²) in [5.41, 5.74) is 0.722. The predicted octanol–water partition coefficient (Wildman–Crippen LogP) is 6.42. The second-order valence-electron chi connectivity index (χ2n) is 12.9. The number of aromatic nitrogens is 2. The third-order valence-corrected chi connectivity index (χ3v) is 13.4. The lowest BCUT2D eigenvalue weighted by atomic mass is 9.82. The number of alkyl halides is 3. The molecule has 2 aromatic rings. The summed E-state index contributed by atoms with van der Waals surface area (Å²) in [4.78, 5) is 29.0. The zero-order valence-electron chi connectivity index (χ0n) is 24.1. The smallest absolute Gasteiger partial charge is 0.411 e. The highest BCUT2D eigenvalue weighted by Crippen LogP contribution is 2.53. The van der Waals surface area contributed by atoms with Gasteiger partial charge in [-0.3, -0.25) is 14.5 Å². The Morgan fingerprint density at radius 1 is 1.15 bits per heavy atom. The van der Waals surface area contributed by atoms with Gasteiger partial charge in [0.1, 0.15) is 11.9 Å². The molecule has 2 atom stereocenters. The third-order valence-electron chi connectivity index (χ3n) is 8.93. The van der Waals surface area contributed by atoms with E-state index in [4.69, 9.17) is 9.52 Å². The molecular weight excluding hydrogens is 537 g/mol. The highest BCUT2D eigenvalue weighted by atomic mass is 28.4. The first-order valence-corrected chi connectivity index (χ1v) is 17.1. The fourth-order valence-electron chi connectivity index (χ4n) is 5.31. The molecule has 1 aliphatic heterocycles. The van der Waals surface area contributed by atoms with Gasteiger partial charge in [0.05, 0.1) is 23.9 Å². The molecule has 0 unspecified atom stereocenters. The highest BCUT2D eigenvalue weighted by molar-refractivity contribution is 6.74. The van der Waals surface area contributed by atoms with E-state index < -0.39 is 32.0 Å². The number of fused-ring (bicyclic) bond motifs is 1. The van der Waals surface area contributed by atoms with Crippen LogP contribution in [0.5, 0.6) is 0 Å². The van der Waals surface area contributed by atoms with Crippen molar-refractivity contribution in [2.24, 2.45) is 5.92 Å². The minimum Gasteiger partial charge on any atom is -0.411 e. The molecule has 0 saturated heterocycles. The minimum atomic E-state index is -4.57. The summed E-state index contributed by atoms with van der Waals surface area (Å²) < 4.78 is 48.6. The van der Waals surface area contributed by atoms with Crippen molar-refractivity contribution in [2.75, 3.05) is 11.4 Å². The van der Waals surface area contributed by atoms with E-state index in [1.807, 2.05) is 11.6 Å². The average Bonchev–Trinajstić information content (AvgIpc) is 3.80. The second-order valence-corrected chi connectivity index (χ2v) is 17.7. The van der Waals surface area contributed by atoms with Gasteiger partial charge in [-0.05, 0) is 74.9 Å². The van der Waals surface area contributed by atoms with Crippen LogP contribution in [0, 0.1) is 5.92 Å². The van der Waals surface area contributed by atoms with Gasteiger partial charge in [0.25, 0.3) is 11.8 Å². The van der Waals surface area contributed by atoms with Gasteiger partial charge in [0.15, 0.2) is 8.32 Å². The van der Waals surface area contributed by atoms with Crippen LogP contribution in [0.3, 0.4) is 0 Å². The summed E-state index contributed by atoms with van der Waals surface area (Å²) in [7, 11) is -2.11. The molecule has 1 N–H and O–H groups in total. The number of carbonyl (C=O) groups excluding carboxylic acids is 2. The molecule has 1 aromatic carbocycles. The van der Waals surface area contributed by atoms with Gasteiger partial charge < -0.3 is 9.74 Å². The zero-order valence-corrected chi connectivity index (χ0v) is 25.1. The Balaban J connectivity index is 1.54. The number of benzene rings is 1. The van der Waals surface area contributed by atoms with Crippen molar-refractivity contribution < 1.29 is 27.2 Å². The molecule has 2 amide bonds. The lowest BCUT2D eigenvalue weighted by Gasteiger charge is -2.39. The molecule has 2 aliphatic carbocycles. The van der Waals surface area contributed by atoms with E-state index in [0.29, 0.717) is 13.2 Å². The lowest BCUT2D eigenvalue weighted by molar-refractivity contribution is -0.137. The topological polar surface area (TPSA) is 76.5 Å². The van der Waals surface area contributed by atoms with Crippen LogP contribution in [-0.4, -0.2) is 42.5 Å². The summed E-state index contributed by atoms with van der Waals surface area (Å²) in [6.45, 7) is 13.5. The average molecular weight is 577 g/mol. The highest BCUT2D eigenvalue weighted by Gasteiger charge is 2.52. The van der Waals surface area contributed by atoms with E-state index in [1.165, 1.54) is 12.1 Å². The molecule has 2 fully saturated rings. The van der Waals surface area contributed by atoms with Crippen LogP contribution in [0.4, 0.5) is 19.0 Å². The maximum Gasteiger partial charge on any atom is 0.416 e. The number of halogens is 3. The molecule has 1 aromatic heterocycles. The molecule has 11 heteroatoms. The number of nitrogens with one attached hydrogen (secondary N) is 1. The second kappa shape index (κ2) is 10.0. The first kappa shape index (κ1) is 28.9. The molecule has 3 aliphatic rings. The fraction of sp³-hybridized carbons (Fsp3) is 0.621. The maximum atomic E-state index is 14.0. The van der Waals surface area contributed by atoms with Crippen LogP contribution in [0.2, 0.25) is 18.1 Å². The number of amides is 2. The molecule has 7 nitrogen and oxygen atoms in total. The molecule has 218 valence electrons. The van der Waals surface area contributed by atoms with E-state index in [9.17, 15) is 22.8 Å². The zero-order chi connectivity index (χ0) is 29.2. The van der Waals surface area contributed by atoms with Crippen molar-refractivity contribution in [1.82, 2.24) is 15.1 Å². The Kier molecular flexibility index (Phi) is 7.22. The summed E-state index contributed by atoms with van der Waals surface area (Å²) in [6.07, 6.45) is -0.761. The number of hydrogen-bond donors (Lipinski definition) is 1. The number of rotatable bonds is 8. The molecule has 0 bridgehead atoms. The summed E-state index contributed by atoms with van der Waals surface area (Å²) in [6, 6.07) is 3.66. The number of anilines is 1. The van der Waals surface area contributed by atoms with Crippen molar-refractivity contribution in [1.29, 1.82) is 0 Å². The van der Waals surface area contributed by atoms with Gasteiger partial charge in [-0.2, -0.15) is 18.3 Å². The monoisotopic (exact) mass is 576 g/mol. The summed E-state index contributed by atoms with van der Waals surface area (Å²) in [5, 5.41) is 7.89. The number of carbonyl (C=O) groups is 2. The Morgan fingerprint density at radius 3 is 2.38 bits per heavy atom. The van der Waals surface area contributed by atoms with Gasteiger partial charge in [0, 0.05) is 23.6 Å². The maximum absolute atomic E-state index is 14.0.